The highest BCUT2D eigenvalue weighted by molar-refractivity contribution is 8.12. The van der Waals surface area contributed by atoms with E-state index in [4.69, 9.17) is 4.99 Å². The Morgan fingerprint density at radius 1 is 0.944 bits per heavy atom. The van der Waals surface area contributed by atoms with E-state index in [1.54, 1.807) is 11.9 Å². The molecule has 1 N–H and O–H groups in total. The highest BCUT2D eigenvalue weighted by Crippen LogP contribution is 2.19. The predicted molar refractivity (Wildman–Crippen MR) is 77.2 cm³/mol. The summed E-state index contributed by atoms with van der Waals surface area (Å²) in [6.07, 6.45) is 3.97. The summed E-state index contributed by atoms with van der Waals surface area (Å²) in [4.78, 5) is 9.47. The Labute approximate surface area is 113 Å². The number of hydrogen-bond donors (Lipinski definition) is 1. The molecule has 3 rings (SSSR count). The average molecular weight is 267 g/mol. The quantitative estimate of drug-likeness (QED) is 0.659. The van der Waals surface area contributed by atoms with E-state index in [1.165, 1.54) is 25.1 Å². The lowest BCUT2D eigenvalue weighted by Gasteiger charge is -2.33. The second kappa shape index (κ2) is 5.93. The molecule has 100 valence electrons. The van der Waals surface area contributed by atoms with Gasteiger partial charge in [-0.1, -0.05) is 0 Å². The van der Waals surface area contributed by atoms with Crippen LogP contribution in [0.15, 0.2) is 9.39 Å². The number of likely N-dealkylation sites (tertiary alicyclic amines) is 1. The first kappa shape index (κ1) is 12.3. The van der Waals surface area contributed by atoms with E-state index in [2.05, 4.69) is 19.5 Å². The fraction of sp³-hybridized carbons (Fsp3) is 0.833. The van der Waals surface area contributed by atoms with Gasteiger partial charge in [0.2, 0.25) is 0 Å². The fourth-order valence-corrected chi connectivity index (χ4v) is 3.39. The van der Waals surface area contributed by atoms with E-state index >= 15 is 0 Å². The van der Waals surface area contributed by atoms with Gasteiger partial charge in [0, 0.05) is 39.3 Å². The third-order valence-electron chi connectivity index (χ3n) is 3.70. The molecule has 2 fully saturated rings. The van der Waals surface area contributed by atoms with Crippen molar-refractivity contribution in [2.75, 3.05) is 45.8 Å². The van der Waals surface area contributed by atoms with Crippen LogP contribution in [0.5, 0.6) is 0 Å². The summed E-state index contributed by atoms with van der Waals surface area (Å²) in [5.74, 6) is 1.18. The van der Waals surface area contributed by atoms with Crippen LogP contribution < -0.4 is 5.32 Å². The second-order valence-corrected chi connectivity index (χ2v) is 5.71. The molecule has 3 heterocycles. The Bertz CT molecular complexity index is 308. The van der Waals surface area contributed by atoms with Crippen molar-refractivity contribution in [3.63, 3.8) is 0 Å². The number of piperazine rings is 1. The average Bonchev–Trinajstić information content (AvgIpc) is 2.49. The van der Waals surface area contributed by atoms with Crippen molar-refractivity contribution in [2.24, 2.45) is 9.39 Å². The SMILES string of the molecule is C1CCN(C2=NSC(N3CCNCC3)=NC2)CC1. The first-order valence-corrected chi connectivity index (χ1v) is 7.70. The largest absolute Gasteiger partial charge is 0.358 e. The van der Waals surface area contributed by atoms with Crippen molar-refractivity contribution in [3.05, 3.63) is 0 Å². The van der Waals surface area contributed by atoms with Crippen molar-refractivity contribution in [2.45, 2.75) is 19.3 Å². The lowest BCUT2D eigenvalue weighted by atomic mass is 10.1. The van der Waals surface area contributed by atoms with E-state index < -0.39 is 0 Å². The van der Waals surface area contributed by atoms with E-state index in [-0.39, 0.29) is 0 Å². The Morgan fingerprint density at radius 2 is 1.72 bits per heavy atom. The van der Waals surface area contributed by atoms with Gasteiger partial charge in [0.1, 0.15) is 12.4 Å². The van der Waals surface area contributed by atoms with Gasteiger partial charge in [-0.25, -0.2) is 0 Å². The summed E-state index contributed by atoms with van der Waals surface area (Å²) in [5.41, 5.74) is 0. The van der Waals surface area contributed by atoms with Gasteiger partial charge in [-0.3, -0.25) is 4.99 Å². The van der Waals surface area contributed by atoms with Gasteiger partial charge in [0.05, 0.1) is 11.9 Å². The van der Waals surface area contributed by atoms with Gasteiger partial charge in [0.25, 0.3) is 0 Å². The minimum Gasteiger partial charge on any atom is -0.358 e. The Hall–Kier alpha value is -0.750. The van der Waals surface area contributed by atoms with Crippen LogP contribution >= 0.6 is 11.9 Å². The van der Waals surface area contributed by atoms with Gasteiger partial charge in [0.15, 0.2) is 5.17 Å². The smallest absolute Gasteiger partial charge is 0.182 e. The number of piperidine rings is 1. The third kappa shape index (κ3) is 2.80. The molecule has 2 saturated heterocycles. The van der Waals surface area contributed by atoms with Crippen LogP contribution in [0.1, 0.15) is 19.3 Å². The molecule has 0 bridgehead atoms. The first-order chi connectivity index (χ1) is 8.93. The zero-order valence-electron chi connectivity index (χ0n) is 10.8. The standard InChI is InChI=1S/C12H21N5S/c1-2-6-16(7-3-1)11-10-14-12(18-15-11)17-8-4-13-5-9-17/h13H,1-10H2. The maximum Gasteiger partial charge on any atom is 0.182 e. The number of nitrogens with zero attached hydrogens (tertiary/aromatic N) is 4. The van der Waals surface area contributed by atoms with Crippen LogP contribution in [-0.4, -0.2) is 66.6 Å². The molecular weight excluding hydrogens is 246 g/mol. The molecule has 5 nitrogen and oxygen atoms in total. The van der Waals surface area contributed by atoms with E-state index in [1.807, 2.05) is 0 Å². The normalized spacial score (nSPS) is 25.8. The molecule has 0 amide bonds. The molecule has 0 aromatic rings. The van der Waals surface area contributed by atoms with E-state index in [0.29, 0.717) is 0 Å². The van der Waals surface area contributed by atoms with Crippen LogP contribution in [0.25, 0.3) is 0 Å². The number of nitrogens with one attached hydrogen (secondary N) is 1. The number of hydrogen-bond acceptors (Lipinski definition) is 6. The lowest BCUT2D eigenvalue weighted by Crippen LogP contribution is -2.46. The minimum absolute atomic E-state index is 0.770. The Balaban J connectivity index is 1.55. The van der Waals surface area contributed by atoms with Crippen LogP contribution in [-0.2, 0) is 0 Å². The maximum absolute atomic E-state index is 4.72. The van der Waals surface area contributed by atoms with Gasteiger partial charge < -0.3 is 15.1 Å². The molecule has 3 aliphatic heterocycles. The summed E-state index contributed by atoms with van der Waals surface area (Å²) in [5, 5.41) is 4.47. The number of rotatable bonds is 0. The Kier molecular flexibility index (Phi) is 4.05. The monoisotopic (exact) mass is 267 g/mol. The fourth-order valence-electron chi connectivity index (χ4n) is 2.61. The molecule has 0 aromatic heterocycles. The third-order valence-corrected chi connectivity index (χ3v) is 4.55. The maximum atomic E-state index is 4.72. The summed E-state index contributed by atoms with van der Waals surface area (Å²) < 4.78 is 4.68. The van der Waals surface area contributed by atoms with Gasteiger partial charge in [-0.2, -0.15) is 4.40 Å². The van der Waals surface area contributed by atoms with Gasteiger partial charge in [-0.15, -0.1) is 0 Å². The first-order valence-electron chi connectivity index (χ1n) is 6.92. The number of aliphatic imine (C=N–C) groups is 1. The van der Waals surface area contributed by atoms with Crippen LogP contribution in [0.2, 0.25) is 0 Å². The molecule has 6 heteroatoms. The highest BCUT2D eigenvalue weighted by Gasteiger charge is 2.21. The summed E-state index contributed by atoms with van der Waals surface area (Å²) in [6, 6.07) is 0. The molecule has 0 spiro atoms. The van der Waals surface area contributed by atoms with E-state index in [9.17, 15) is 0 Å². The van der Waals surface area contributed by atoms with Crippen LogP contribution in [0, 0.1) is 0 Å². The molecule has 0 saturated carbocycles. The molecule has 0 aliphatic carbocycles. The van der Waals surface area contributed by atoms with Crippen molar-refractivity contribution >= 4 is 23.0 Å². The van der Waals surface area contributed by atoms with Crippen molar-refractivity contribution in [3.8, 4) is 0 Å². The highest BCUT2D eigenvalue weighted by atomic mass is 32.2. The van der Waals surface area contributed by atoms with Gasteiger partial charge in [-0.05, 0) is 19.3 Å². The van der Waals surface area contributed by atoms with E-state index in [0.717, 1.165) is 51.0 Å². The molecule has 0 atom stereocenters. The lowest BCUT2D eigenvalue weighted by molar-refractivity contribution is 0.338. The van der Waals surface area contributed by atoms with Crippen LogP contribution in [0.3, 0.4) is 0 Å². The van der Waals surface area contributed by atoms with Crippen LogP contribution in [0.4, 0.5) is 0 Å². The molecule has 18 heavy (non-hydrogen) atoms. The second-order valence-electron chi connectivity index (χ2n) is 4.98. The topological polar surface area (TPSA) is 43.2 Å². The predicted octanol–water partition coefficient (Wildman–Crippen LogP) is 0.794. The zero-order valence-corrected chi connectivity index (χ0v) is 11.6. The molecule has 0 unspecified atom stereocenters. The summed E-state index contributed by atoms with van der Waals surface area (Å²) >= 11 is 1.57. The van der Waals surface area contributed by atoms with Crippen molar-refractivity contribution in [1.82, 2.24) is 15.1 Å². The molecular formula is C12H21N5S. The molecule has 3 aliphatic rings. The number of amidine groups is 2. The molecule has 0 aromatic carbocycles. The van der Waals surface area contributed by atoms with Gasteiger partial charge >= 0.3 is 0 Å². The van der Waals surface area contributed by atoms with Crippen molar-refractivity contribution < 1.29 is 0 Å². The molecule has 0 radical (unpaired) electrons. The Morgan fingerprint density at radius 3 is 2.39 bits per heavy atom. The minimum atomic E-state index is 0.770. The summed E-state index contributed by atoms with van der Waals surface area (Å²) in [7, 11) is 0. The van der Waals surface area contributed by atoms with Crippen molar-refractivity contribution in [1.29, 1.82) is 0 Å². The summed E-state index contributed by atoms with van der Waals surface area (Å²) in [6.45, 7) is 7.33. The zero-order chi connectivity index (χ0) is 12.2.